The van der Waals surface area contributed by atoms with Crippen LogP contribution in [0.5, 0.6) is 11.5 Å². The molecule has 0 saturated carbocycles. The summed E-state index contributed by atoms with van der Waals surface area (Å²) in [5.74, 6) is 0.861. The molecule has 132 valence electrons. The van der Waals surface area contributed by atoms with E-state index in [1.165, 1.54) is 7.11 Å². The SMILES string of the molecule is C=CCOc1ccc(/C=C2\N=C(c3cc(Cl)ccc3OC)OC2=O)cc1. The molecule has 2 aromatic rings. The minimum atomic E-state index is -0.533. The van der Waals surface area contributed by atoms with E-state index < -0.39 is 5.97 Å². The third-order valence-electron chi connectivity index (χ3n) is 3.56. The number of carbonyl (C=O) groups is 1. The van der Waals surface area contributed by atoms with Crippen molar-refractivity contribution < 1.29 is 19.0 Å². The monoisotopic (exact) mass is 369 g/mol. The van der Waals surface area contributed by atoms with Gasteiger partial charge < -0.3 is 14.2 Å². The molecule has 5 nitrogen and oxygen atoms in total. The van der Waals surface area contributed by atoms with Gasteiger partial charge in [-0.05, 0) is 42.0 Å². The van der Waals surface area contributed by atoms with Gasteiger partial charge in [0.25, 0.3) is 0 Å². The lowest BCUT2D eigenvalue weighted by molar-refractivity contribution is -0.129. The molecule has 0 saturated heterocycles. The Morgan fingerprint density at radius 3 is 2.69 bits per heavy atom. The summed E-state index contributed by atoms with van der Waals surface area (Å²) in [6.07, 6.45) is 3.31. The van der Waals surface area contributed by atoms with Crippen LogP contribution in [0.3, 0.4) is 0 Å². The van der Waals surface area contributed by atoms with Gasteiger partial charge in [0, 0.05) is 5.02 Å². The van der Waals surface area contributed by atoms with Gasteiger partial charge in [0.2, 0.25) is 5.90 Å². The number of halogens is 1. The lowest BCUT2D eigenvalue weighted by atomic mass is 10.2. The fourth-order valence-corrected chi connectivity index (χ4v) is 2.52. The predicted molar refractivity (Wildman–Crippen MR) is 101 cm³/mol. The first-order chi connectivity index (χ1) is 12.6. The number of esters is 1. The maximum atomic E-state index is 12.1. The molecule has 0 aliphatic carbocycles. The van der Waals surface area contributed by atoms with Gasteiger partial charge in [-0.15, -0.1) is 0 Å². The van der Waals surface area contributed by atoms with Gasteiger partial charge in [0.05, 0.1) is 12.7 Å². The van der Waals surface area contributed by atoms with E-state index in [1.54, 1.807) is 42.5 Å². The summed E-state index contributed by atoms with van der Waals surface area (Å²) in [6.45, 7) is 4.03. The molecule has 3 rings (SSSR count). The summed E-state index contributed by atoms with van der Waals surface area (Å²) < 4.78 is 16.0. The van der Waals surface area contributed by atoms with Crippen LogP contribution in [0.2, 0.25) is 5.02 Å². The number of cyclic esters (lactones) is 1. The first kappa shape index (κ1) is 17.8. The maximum absolute atomic E-state index is 12.1. The molecule has 0 radical (unpaired) electrons. The Bertz CT molecular complexity index is 901. The third-order valence-corrected chi connectivity index (χ3v) is 3.80. The highest BCUT2D eigenvalue weighted by molar-refractivity contribution is 6.31. The zero-order valence-electron chi connectivity index (χ0n) is 14.1. The van der Waals surface area contributed by atoms with Crippen molar-refractivity contribution in [3.63, 3.8) is 0 Å². The van der Waals surface area contributed by atoms with Crippen LogP contribution in [-0.2, 0) is 9.53 Å². The number of carbonyl (C=O) groups excluding carboxylic acids is 1. The molecule has 2 aromatic carbocycles. The summed E-state index contributed by atoms with van der Waals surface area (Å²) in [6, 6.07) is 12.3. The van der Waals surface area contributed by atoms with Gasteiger partial charge in [0.15, 0.2) is 5.70 Å². The summed E-state index contributed by atoms with van der Waals surface area (Å²) in [7, 11) is 1.52. The van der Waals surface area contributed by atoms with Crippen LogP contribution < -0.4 is 9.47 Å². The Balaban J connectivity index is 1.87. The minimum Gasteiger partial charge on any atom is -0.496 e. The van der Waals surface area contributed by atoms with E-state index >= 15 is 0 Å². The molecule has 1 aliphatic rings. The van der Waals surface area contributed by atoms with Crippen molar-refractivity contribution >= 4 is 29.5 Å². The van der Waals surface area contributed by atoms with E-state index in [0.717, 1.165) is 5.56 Å². The summed E-state index contributed by atoms with van der Waals surface area (Å²) >= 11 is 6.02. The molecule has 0 atom stereocenters. The van der Waals surface area contributed by atoms with E-state index in [9.17, 15) is 4.79 Å². The standard InChI is InChI=1S/C20H16ClNO4/c1-3-10-25-15-7-4-13(5-8-15)11-17-20(23)26-19(22-17)16-12-14(21)6-9-18(16)24-2/h3-9,11-12H,1,10H2,2H3/b17-11-. The first-order valence-corrected chi connectivity index (χ1v) is 8.18. The number of hydrogen-bond donors (Lipinski definition) is 0. The van der Waals surface area contributed by atoms with Gasteiger partial charge in [-0.3, -0.25) is 0 Å². The molecule has 0 N–H and O–H groups in total. The van der Waals surface area contributed by atoms with E-state index in [1.807, 2.05) is 12.1 Å². The molecule has 0 fully saturated rings. The van der Waals surface area contributed by atoms with Crippen LogP contribution in [0, 0.1) is 0 Å². The molecule has 0 amide bonds. The van der Waals surface area contributed by atoms with E-state index in [2.05, 4.69) is 11.6 Å². The van der Waals surface area contributed by atoms with Gasteiger partial charge >= 0.3 is 5.97 Å². The zero-order valence-corrected chi connectivity index (χ0v) is 14.8. The summed E-state index contributed by atoms with van der Waals surface area (Å²) in [4.78, 5) is 16.4. The smallest absolute Gasteiger partial charge is 0.363 e. The molecule has 1 heterocycles. The number of ether oxygens (including phenoxy) is 3. The van der Waals surface area contributed by atoms with Crippen LogP contribution in [0.15, 0.2) is 65.8 Å². The number of benzene rings is 2. The Hall–Kier alpha value is -3.05. The van der Waals surface area contributed by atoms with Crippen LogP contribution in [-0.4, -0.2) is 25.6 Å². The molecule has 1 aliphatic heterocycles. The Morgan fingerprint density at radius 1 is 1.23 bits per heavy atom. The second-order valence-electron chi connectivity index (χ2n) is 5.35. The zero-order chi connectivity index (χ0) is 18.5. The second kappa shape index (κ2) is 7.89. The average molecular weight is 370 g/mol. The lowest BCUT2D eigenvalue weighted by Gasteiger charge is -2.07. The molecule has 26 heavy (non-hydrogen) atoms. The van der Waals surface area contributed by atoms with E-state index in [-0.39, 0.29) is 11.6 Å². The van der Waals surface area contributed by atoms with Gasteiger partial charge in [-0.2, -0.15) is 0 Å². The van der Waals surface area contributed by atoms with Crippen molar-refractivity contribution in [1.29, 1.82) is 0 Å². The number of hydrogen-bond acceptors (Lipinski definition) is 5. The van der Waals surface area contributed by atoms with Gasteiger partial charge in [0.1, 0.15) is 18.1 Å². The molecule has 0 spiro atoms. The molecular weight excluding hydrogens is 354 g/mol. The normalized spacial score (nSPS) is 14.8. The average Bonchev–Trinajstić information content (AvgIpc) is 3.01. The van der Waals surface area contributed by atoms with Crippen LogP contribution in [0.4, 0.5) is 0 Å². The fourth-order valence-electron chi connectivity index (χ4n) is 2.34. The maximum Gasteiger partial charge on any atom is 0.363 e. The number of methoxy groups -OCH3 is 1. The van der Waals surface area contributed by atoms with Crippen molar-refractivity contribution in [1.82, 2.24) is 0 Å². The number of aliphatic imine (C=N–C) groups is 1. The van der Waals surface area contributed by atoms with Crippen LogP contribution in [0.1, 0.15) is 11.1 Å². The van der Waals surface area contributed by atoms with Crippen LogP contribution in [0.25, 0.3) is 6.08 Å². The van der Waals surface area contributed by atoms with E-state index in [0.29, 0.717) is 28.7 Å². The highest BCUT2D eigenvalue weighted by Gasteiger charge is 2.26. The molecule has 6 heteroatoms. The number of rotatable bonds is 6. The lowest BCUT2D eigenvalue weighted by Crippen LogP contribution is -2.07. The summed E-state index contributed by atoms with van der Waals surface area (Å²) in [5, 5.41) is 0.493. The molecule has 0 unspecified atom stereocenters. The predicted octanol–water partition coefficient (Wildman–Crippen LogP) is 4.26. The topological polar surface area (TPSA) is 57.1 Å². The van der Waals surface area contributed by atoms with Crippen molar-refractivity contribution in [2.45, 2.75) is 0 Å². The Morgan fingerprint density at radius 2 is 2.00 bits per heavy atom. The molecule has 0 bridgehead atoms. The minimum absolute atomic E-state index is 0.159. The van der Waals surface area contributed by atoms with Crippen molar-refractivity contribution in [2.75, 3.05) is 13.7 Å². The number of nitrogens with zero attached hydrogens (tertiary/aromatic N) is 1. The summed E-state index contributed by atoms with van der Waals surface area (Å²) in [5.41, 5.74) is 1.51. The van der Waals surface area contributed by atoms with Crippen LogP contribution >= 0.6 is 11.6 Å². The van der Waals surface area contributed by atoms with Crippen molar-refractivity contribution in [3.05, 3.63) is 77.0 Å². The van der Waals surface area contributed by atoms with Crippen molar-refractivity contribution in [2.24, 2.45) is 4.99 Å². The molecular formula is C20H16ClNO4. The first-order valence-electron chi connectivity index (χ1n) is 7.81. The highest BCUT2D eigenvalue weighted by Crippen LogP contribution is 2.28. The van der Waals surface area contributed by atoms with Gasteiger partial charge in [-0.1, -0.05) is 36.4 Å². The highest BCUT2D eigenvalue weighted by atomic mass is 35.5. The van der Waals surface area contributed by atoms with E-state index in [4.69, 9.17) is 25.8 Å². The Kier molecular flexibility index (Phi) is 5.39. The third kappa shape index (κ3) is 3.95. The fraction of sp³-hybridized carbons (Fsp3) is 0.100. The van der Waals surface area contributed by atoms with Gasteiger partial charge in [-0.25, -0.2) is 9.79 Å². The Labute approximate surface area is 156 Å². The quantitative estimate of drug-likeness (QED) is 0.433. The van der Waals surface area contributed by atoms with Crippen molar-refractivity contribution in [3.8, 4) is 11.5 Å². The second-order valence-corrected chi connectivity index (χ2v) is 5.79. The molecule has 0 aromatic heterocycles. The largest absolute Gasteiger partial charge is 0.496 e.